The van der Waals surface area contributed by atoms with Crippen LogP contribution in [0, 0.1) is 12.7 Å². The molecule has 0 aliphatic rings. The van der Waals surface area contributed by atoms with Crippen molar-refractivity contribution in [2.75, 3.05) is 13.6 Å². The van der Waals surface area contributed by atoms with Crippen LogP contribution in [-0.2, 0) is 13.0 Å². The number of guanidine groups is 1. The highest BCUT2D eigenvalue weighted by Gasteiger charge is 2.07. The molecule has 0 atom stereocenters. The lowest BCUT2D eigenvalue weighted by Gasteiger charge is -2.11. The van der Waals surface area contributed by atoms with E-state index in [1.165, 1.54) is 17.7 Å². The summed E-state index contributed by atoms with van der Waals surface area (Å²) in [5.41, 5.74) is 4.04. The number of hydrogen-bond donors (Lipinski definition) is 2. The molecule has 1 aromatic heterocycles. The first-order chi connectivity index (χ1) is 13.1. The van der Waals surface area contributed by atoms with E-state index in [1.807, 2.05) is 31.2 Å². The van der Waals surface area contributed by atoms with Crippen molar-refractivity contribution in [2.45, 2.75) is 19.9 Å². The molecule has 3 aromatic rings. The van der Waals surface area contributed by atoms with Crippen LogP contribution in [-0.4, -0.2) is 24.5 Å². The molecule has 0 amide bonds. The molecule has 148 valence electrons. The van der Waals surface area contributed by atoms with Crippen molar-refractivity contribution >= 4 is 29.9 Å². The summed E-state index contributed by atoms with van der Waals surface area (Å²) in [6, 6.07) is 14.5. The lowest BCUT2D eigenvalue weighted by molar-refractivity contribution is 0.572. The summed E-state index contributed by atoms with van der Waals surface area (Å²) < 4.78 is 18.5. The first-order valence-electron chi connectivity index (χ1n) is 8.84. The molecule has 0 aliphatic heterocycles. The second-order valence-electron chi connectivity index (χ2n) is 6.24. The minimum Gasteiger partial charge on any atom is -0.444 e. The zero-order chi connectivity index (χ0) is 19.1. The third-order valence-electron chi connectivity index (χ3n) is 4.12. The van der Waals surface area contributed by atoms with Gasteiger partial charge in [0.2, 0.25) is 5.89 Å². The average molecular weight is 494 g/mol. The molecular formula is C21H24FIN4O. The molecule has 0 spiro atoms. The summed E-state index contributed by atoms with van der Waals surface area (Å²) >= 11 is 0. The van der Waals surface area contributed by atoms with E-state index in [9.17, 15) is 4.39 Å². The van der Waals surface area contributed by atoms with Crippen molar-refractivity contribution in [1.29, 1.82) is 0 Å². The van der Waals surface area contributed by atoms with Gasteiger partial charge < -0.3 is 15.1 Å². The summed E-state index contributed by atoms with van der Waals surface area (Å²) in [6.45, 7) is 3.29. The minimum absolute atomic E-state index is 0. The fourth-order valence-corrected chi connectivity index (χ4v) is 2.57. The van der Waals surface area contributed by atoms with Gasteiger partial charge in [0.15, 0.2) is 5.96 Å². The number of halogens is 2. The third kappa shape index (κ3) is 6.33. The van der Waals surface area contributed by atoms with Crippen molar-refractivity contribution in [3.63, 3.8) is 0 Å². The van der Waals surface area contributed by atoms with Gasteiger partial charge in [0.1, 0.15) is 12.1 Å². The Labute approximate surface area is 181 Å². The van der Waals surface area contributed by atoms with Crippen LogP contribution < -0.4 is 10.6 Å². The molecule has 28 heavy (non-hydrogen) atoms. The van der Waals surface area contributed by atoms with Crippen LogP contribution in [0.25, 0.3) is 11.5 Å². The van der Waals surface area contributed by atoms with Gasteiger partial charge in [-0.1, -0.05) is 29.8 Å². The molecule has 0 unspecified atom stereocenters. The summed E-state index contributed by atoms with van der Waals surface area (Å²) in [4.78, 5) is 8.72. The number of nitrogens with one attached hydrogen (secondary N) is 2. The quantitative estimate of drug-likeness (QED) is 0.305. The normalized spacial score (nSPS) is 11.0. The zero-order valence-corrected chi connectivity index (χ0v) is 18.2. The van der Waals surface area contributed by atoms with Gasteiger partial charge in [0.05, 0.1) is 5.69 Å². The fraction of sp³-hybridized carbons (Fsp3) is 0.238. The van der Waals surface area contributed by atoms with E-state index < -0.39 is 0 Å². The molecule has 7 heteroatoms. The van der Waals surface area contributed by atoms with Crippen LogP contribution >= 0.6 is 24.0 Å². The van der Waals surface area contributed by atoms with E-state index in [0.717, 1.165) is 16.8 Å². The lowest BCUT2D eigenvalue weighted by Crippen LogP contribution is -2.37. The van der Waals surface area contributed by atoms with Gasteiger partial charge in [-0.2, -0.15) is 0 Å². The van der Waals surface area contributed by atoms with Gasteiger partial charge in [-0.3, -0.25) is 4.99 Å². The van der Waals surface area contributed by atoms with Crippen molar-refractivity contribution in [2.24, 2.45) is 4.99 Å². The standard InChI is InChI=1S/C21H23FN4O.HI/c1-15-3-7-17(8-4-15)20-26-19(14-27-20)11-12-24-21(23-2)25-13-16-5-9-18(22)10-6-16;/h3-10,14H,11-13H2,1-2H3,(H2,23,24,25);1H. The largest absolute Gasteiger partial charge is 0.444 e. The van der Waals surface area contributed by atoms with Crippen molar-refractivity contribution < 1.29 is 8.81 Å². The van der Waals surface area contributed by atoms with Gasteiger partial charge >= 0.3 is 0 Å². The highest BCUT2D eigenvalue weighted by atomic mass is 127. The maximum absolute atomic E-state index is 12.9. The number of aliphatic imine (C=N–C) groups is 1. The number of hydrogen-bond acceptors (Lipinski definition) is 3. The van der Waals surface area contributed by atoms with Crippen LogP contribution in [0.1, 0.15) is 16.8 Å². The van der Waals surface area contributed by atoms with E-state index in [1.54, 1.807) is 25.4 Å². The smallest absolute Gasteiger partial charge is 0.226 e. The van der Waals surface area contributed by atoms with Crippen LogP contribution in [0.2, 0.25) is 0 Å². The topological polar surface area (TPSA) is 62.5 Å². The molecule has 2 aromatic carbocycles. The SMILES string of the molecule is CN=C(NCCc1coc(-c2ccc(C)cc2)n1)NCc1ccc(F)cc1.I. The number of nitrogens with zero attached hydrogens (tertiary/aromatic N) is 2. The lowest BCUT2D eigenvalue weighted by atomic mass is 10.1. The Balaban J connectivity index is 0.00000280. The summed E-state index contributed by atoms with van der Waals surface area (Å²) in [5.74, 6) is 1.07. The number of rotatable bonds is 6. The van der Waals surface area contributed by atoms with Crippen LogP contribution in [0.5, 0.6) is 0 Å². The Bertz CT molecular complexity index is 892. The molecule has 3 rings (SSSR count). The Kier molecular flexibility index (Phi) is 8.43. The zero-order valence-electron chi connectivity index (χ0n) is 15.9. The second kappa shape index (κ2) is 10.8. The first kappa shape index (κ1) is 21.9. The van der Waals surface area contributed by atoms with Gasteiger partial charge in [-0.25, -0.2) is 9.37 Å². The molecule has 0 saturated carbocycles. The van der Waals surface area contributed by atoms with Gasteiger partial charge in [0, 0.05) is 32.1 Å². The third-order valence-corrected chi connectivity index (χ3v) is 4.12. The van der Waals surface area contributed by atoms with E-state index in [2.05, 4.69) is 20.6 Å². The Morgan fingerprint density at radius 1 is 1.07 bits per heavy atom. The van der Waals surface area contributed by atoms with Crippen molar-refractivity contribution in [3.05, 3.63) is 77.4 Å². The maximum Gasteiger partial charge on any atom is 0.226 e. The summed E-state index contributed by atoms with van der Waals surface area (Å²) in [5, 5.41) is 6.44. The number of aromatic nitrogens is 1. The molecule has 0 bridgehead atoms. The van der Waals surface area contributed by atoms with E-state index in [4.69, 9.17) is 4.42 Å². The number of benzene rings is 2. The molecule has 1 heterocycles. The van der Waals surface area contributed by atoms with Gasteiger partial charge in [-0.05, 0) is 36.8 Å². The Hall–Kier alpha value is -2.42. The highest BCUT2D eigenvalue weighted by molar-refractivity contribution is 14.0. The number of aryl methyl sites for hydroxylation is 1. The van der Waals surface area contributed by atoms with Crippen molar-refractivity contribution in [1.82, 2.24) is 15.6 Å². The maximum atomic E-state index is 12.9. The predicted octanol–water partition coefficient (Wildman–Crippen LogP) is 4.31. The van der Waals surface area contributed by atoms with E-state index in [-0.39, 0.29) is 29.8 Å². The summed E-state index contributed by atoms with van der Waals surface area (Å²) in [6.07, 6.45) is 2.40. The van der Waals surface area contributed by atoms with Crippen LogP contribution in [0.15, 0.2) is 64.2 Å². The van der Waals surface area contributed by atoms with Gasteiger partial charge in [0.25, 0.3) is 0 Å². The van der Waals surface area contributed by atoms with Crippen LogP contribution in [0.4, 0.5) is 4.39 Å². The molecule has 0 saturated heterocycles. The molecule has 0 fully saturated rings. The molecule has 0 aliphatic carbocycles. The second-order valence-corrected chi connectivity index (χ2v) is 6.24. The molecule has 2 N–H and O–H groups in total. The number of oxazole rings is 1. The Morgan fingerprint density at radius 2 is 1.79 bits per heavy atom. The first-order valence-corrected chi connectivity index (χ1v) is 8.84. The van der Waals surface area contributed by atoms with Crippen molar-refractivity contribution in [3.8, 4) is 11.5 Å². The average Bonchev–Trinajstić information content (AvgIpc) is 3.15. The van der Waals surface area contributed by atoms with E-state index >= 15 is 0 Å². The highest BCUT2D eigenvalue weighted by Crippen LogP contribution is 2.19. The molecule has 5 nitrogen and oxygen atoms in total. The summed E-state index contributed by atoms with van der Waals surface area (Å²) in [7, 11) is 1.71. The molecule has 0 radical (unpaired) electrons. The Morgan fingerprint density at radius 3 is 2.46 bits per heavy atom. The van der Waals surface area contributed by atoms with Gasteiger partial charge in [-0.15, -0.1) is 24.0 Å². The molecular weight excluding hydrogens is 470 g/mol. The minimum atomic E-state index is -0.237. The monoisotopic (exact) mass is 494 g/mol. The fourth-order valence-electron chi connectivity index (χ4n) is 2.57. The van der Waals surface area contributed by atoms with Crippen LogP contribution in [0.3, 0.4) is 0 Å². The predicted molar refractivity (Wildman–Crippen MR) is 120 cm³/mol. The van der Waals surface area contributed by atoms with E-state index in [0.29, 0.717) is 31.4 Å².